The molecule has 0 saturated heterocycles. The summed E-state index contributed by atoms with van der Waals surface area (Å²) in [6.07, 6.45) is 3.30. The Labute approximate surface area is 127 Å². The van der Waals surface area contributed by atoms with Crippen molar-refractivity contribution in [3.05, 3.63) is 48.1 Å². The number of hydrogen-bond acceptors (Lipinski definition) is 4. The summed E-state index contributed by atoms with van der Waals surface area (Å²) in [5, 5.41) is 14.0. The molecule has 3 aromatic rings. The number of aromatic amines is 1. The minimum Gasteiger partial charge on any atom is -0.463 e. The first kappa shape index (κ1) is 14.1. The average molecular weight is 299 g/mol. The number of nitrogens with zero attached hydrogens (tertiary/aromatic N) is 3. The molecule has 1 atom stereocenters. The molecule has 22 heavy (non-hydrogen) atoms. The number of hydrogen-bond donors (Lipinski definition) is 2. The number of rotatable bonds is 5. The molecule has 0 aliphatic heterocycles. The predicted molar refractivity (Wildman–Crippen MR) is 80.1 cm³/mol. The van der Waals surface area contributed by atoms with E-state index in [1.165, 1.54) is 0 Å². The Hall–Kier alpha value is -2.83. The van der Waals surface area contributed by atoms with E-state index in [4.69, 9.17) is 4.42 Å². The molecule has 0 aliphatic carbocycles. The van der Waals surface area contributed by atoms with E-state index in [1.54, 1.807) is 30.7 Å². The zero-order chi connectivity index (χ0) is 15.5. The number of carbonyl (C=O) groups is 1. The van der Waals surface area contributed by atoms with Crippen LogP contribution in [0, 0.1) is 0 Å². The van der Waals surface area contributed by atoms with Gasteiger partial charge in [-0.25, -0.2) is 0 Å². The summed E-state index contributed by atoms with van der Waals surface area (Å²) < 4.78 is 7.12. The minimum absolute atomic E-state index is 0.154. The maximum Gasteiger partial charge on any atom is 0.272 e. The van der Waals surface area contributed by atoms with Gasteiger partial charge in [0.25, 0.3) is 5.91 Å². The molecule has 0 fully saturated rings. The number of amides is 1. The molecule has 114 valence electrons. The van der Waals surface area contributed by atoms with Crippen molar-refractivity contribution in [3.63, 3.8) is 0 Å². The topological polar surface area (TPSA) is 88.7 Å². The van der Waals surface area contributed by atoms with Crippen LogP contribution in [0.5, 0.6) is 0 Å². The molecular formula is C15H17N5O2. The highest BCUT2D eigenvalue weighted by molar-refractivity contribution is 5.93. The zero-order valence-corrected chi connectivity index (χ0v) is 12.4. The lowest BCUT2D eigenvalue weighted by Gasteiger charge is -2.14. The molecule has 0 radical (unpaired) electrons. The maximum absolute atomic E-state index is 12.3. The van der Waals surface area contributed by atoms with Crippen molar-refractivity contribution >= 4 is 5.91 Å². The molecule has 1 amide bonds. The van der Waals surface area contributed by atoms with E-state index in [-0.39, 0.29) is 11.9 Å². The highest BCUT2D eigenvalue weighted by atomic mass is 16.3. The monoisotopic (exact) mass is 299 g/mol. The number of aryl methyl sites for hydroxylation is 1. The Morgan fingerprint density at radius 2 is 2.36 bits per heavy atom. The van der Waals surface area contributed by atoms with Crippen LogP contribution in [0.15, 0.2) is 41.1 Å². The summed E-state index contributed by atoms with van der Waals surface area (Å²) in [6, 6.07) is 6.99. The molecule has 0 aromatic carbocycles. The quantitative estimate of drug-likeness (QED) is 0.757. The third kappa shape index (κ3) is 2.65. The molecule has 2 N–H and O–H groups in total. The number of nitrogens with one attached hydrogen (secondary N) is 2. The van der Waals surface area contributed by atoms with Gasteiger partial charge in [0.2, 0.25) is 0 Å². The second-order valence-electron chi connectivity index (χ2n) is 4.91. The third-order valence-electron chi connectivity index (χ3n) is 3.44. The summed E-state index contributed by atoms with van der Waals surface area (Å²) >= 11 is 0. The Balaban J connectivity index is 1.72. The number of carbonyl (C=O) groups excluding carboxylic acids is 1. The van der Waals surface area contributed by atoms with Gasteiger partial charge in [-0.1, -0.05) is 0 Å². The number of furan rings is 1. The van der Waals surface area contributed by atoms with Crippen molar-refractivity contribution in [1.82, 2.24) is 25.3 Å². The van der Waals surface area contributed by atoms with Gasteiger partial charge < -0.3 is 9.73 Å². The molecule has 3 aromatic heterocycles. The molecule has 3 rings (SSSR count). The lowest BCUT2D eigenvalue weighted by atomic mass is 10.2. The Morgan fingerprint density at radius 1 is 1.50 bits per heavy atom. The fourth-order valence-corrected chi connectivity index (χ4v) is 2.32. The fraction of sp³-hybridized carbons (Fsp3) is 0.267. The molecule has 3 heterocycles. The van der Waals surface area contributed by atoms with Gasteiger partial charge in [-0.2, -0.15) is 10.2 Å². The van der Waals surface area contributed by atoms with Gasteiger partial charge in [-0.3, -0.25) is 14.6 Å². The molecule has 1 unspecified atom stereocenters. The molecule has 0 bridgehead atoms. The first-order valence-electron chi connectivity index (χ1n) is 7.11. The van der Waals surface area contributed by atoms with Crippen LogP contribution in [-0.2, 0) is 6.54 Å². The zero-order valence-electron chi connectivity index (χ0n) is 12.4. The Kier molecular flexibility index (Phi) is 3.78. The van der Waals surface area contributed by atoms with Crippen LogP contribution in [0.2, 0.25) is 0 Å². The van der Waals surface area contributed by atoms with E-state index >= 15 is 0 Å². The van der Waals surface area contributed by atoms with Crippen molar-refractivity contribution in [2.24, 2.45) is 0 Å². The number of H-pyrrole nitrogens is 1. The first-order valence-corrected chi connectivity index (χ1v) is 7.11. The summed E-state index contributed by atoms with van der Waals surface area (Å²) in [6.45, 7) is 4.68. The van der Waals surface area contributed by atoms with Crippen LogP contribution in [0.25, 0.3) is 11.5 Å². The van der Waals surface area contributed by atoms with Gasteiger partial charge in [0.15, 0.2) is 11.5 Å². The van der Waals surface area contributed by atoms with E-state index in [2.05, 4.69) is 20.6 Å². The second-order valence-corrected chi connectivity index (χ2v) is 4.91. The maximum atomic E-state index is 12.3. The number of aromatic nitrogens is 4. The van der Waals surface area contributed by atoms with Crippen LogP contribution >= 0.6 is 0 Å². The van der Waals surface area contributed by atoms with Crippen molar-refractivity contribution in [3.8, 4) is 11.5 Å². The van der Waals surface area contributed by atoms with Gasteiger partial charge in [0.1, 0.15) is 5.69 Å². The van der Waals surface area contributed by atoms with Gasteiger partial charge in [0, 0.05) is 18.8 Å². The van der Waals surface area contributed by atoms with E-state index < -0.39 is 0 Å². The van der Waals surface area contributed by atoms with Crippen LogP contribution in [0.4, 0.5) is 0 Å². The van der Waals surface area contributed by atoms with E-state index in [1.807, 2.05) is 24.6 Å². The molecular weight excluding hydrogens is 282 g/mol. The van der Waals surface area contributed by atoms with Gasteiger partial charge in [-0.05, 0) is 32.0 Å². The standard InChI is InChI=1S/C15H17N5O2/c1-3-20-13(6-7-16-20)10(2)17-15(21)12-9-11(18-19-12)14-5-4-8-22-14/h4-10H,3H2,1-2H3,(H,17,21)(H,18,19). The largest absolute Gasteiger partial charge is 0.463 e. The highest BCUT2D eigenvalue weighted by Gasteiger charge is 2.17. The molecule has 7 nitrogen and oxygen atoms in total. The average Bonchev–Trinajstić information content (AvgIpc) is 3.25. The molecule has 0 aliphatic rings. The fourth-order valence-electron chi connectivity index (χ4n) is 2.32. The normalized spacial score (nSPS) is 12.3. The lowest BCUT2D eigenvalue weighted by molar-refractivity contribution is 0.0933. The summed E-state index contributed by atoms with van der Waals surface area (Å²) in [7, 11) is 0. The molecule has 0 spiro atoms. The summed E-state index contributed by atoms with van der Waals surface area (Å²) in [5.41, 5.74) is 1.94. The SMILES string of the molecule is CCn1nccc1C(C)NC(=O)c1cc(-c2ccco2)[nH]n1. The van der Waals surface area contributed by atoms with Gasteiger partial charge in [-0.15, -0.1) is 0 Å². The van der Waals surface area contributed by atoms with Crippen molar-refractivity contribution in [2.45, 2.75) is 26.4 Å². The van der Waals surface area contributed by atoms with Crippen molar-refractivity contribution in [2.75, 3.05) is 0 Å². The Bertz CT molecular complexity index is 757. The van der Waals surface area contributed by atoms with Crippen LogP contribution in [-0.4, -0.2) is 25.9 Å². The van der Waals surface area contributed by atoms with E-state index in [0.717, 1.165) is 12.2 Å². The molecule has 7 heteroatoms. The minimum atomic E-state index is -0.245. The van der Waals surface area contributed by atoms with Crippen LogP contribution in [0.1, 0.15) is 36.1 Å². The van der Waals surface area contributed by atoms with Crippen LogP contribution in [0.3, 0.4) is 0 Å². The summed E-state index contributed by atoms with van der Waals surface area (Å²) in [5.74, 6) is 0.397. The highest BCUT2D eigenvalue weighted by Crippen LogP contribution is 2.18. The second kappa shape index (κ2) is 5.88. The third-order valence-corrected chi connectivity index (χ3v) is 3.44. The lowest BCUT2D eigenvalue weighted by Crippen LogP contribution is -2.28. The molecule has 0 saturated carbocycles. The predicted octanol–water partition coefficient (Wildman–Crippen LogP) is 2.38. The van der Waals surface area contributed by atoms with Crippen molar-refractivity contribution < 1.29 is 9.21 Å². The smallest absolute Gasteiger partial charge is 0.272 e. The van der Waals surface area contributed by atoms with Crippen LogP contribution < -0.4 is 5.32 Å². The van der Waals surface area contributed by atoms with E-state index in [9.17, 15) is 4.79 Å². The van der Waals surface area contributed by atoms with Gasteiger partial charge >= 0.3 is 0 Å². The van der Waals surface area contributed by atoms with E-state index in [0.29, 0.717) is 17.1 Å². The summed E-state index contributed by atoms with van der Waals surface area (Å²) in [4.78, 5) is 12.3. The van der Waals surface area contributed by atoms with Crippen molar-refractivity contribution in [1.29, 1.82) is 0 Å². The Morgan fingerprint density at radius 3 is 3.09 bits per heavy atom. The first-order chi connectivity index (χ1) is 10.7. The van der Waals surface area contributed by atoms with Gasteiger partial charge in [0.05, 0.1) is 18.0 Å².